The molecule has 21 heavy (non-hydrogen) atoms. The number of rotatable bonds is 5. The van der Waals surface area contributed by atoms with Gasteiger partial charge in [-0.1, -0.05) is 35.3 Å². The molecule has 0 amide bonds. The lowest BCUT2D eigenvalue weighted by molar-refractivity contribution is 0.414. The third-order valence-corrected chi connectivity index (χ3v) is 5.27. The van der Waals surface area contributed by atoms with E-state index in [0.717, 1.165) is 16.2 Å². The molecule has 0 bridgehead atoms. The normalized spacial score (nSPS) is 13.8. The molecule has 2 atom stereocenters. The maximum Gasteiger partial charge on any atom is 0.119 e. The summed E-state index contributed by atoms with van der Waals surface area (Å²) in [6, 6.07) is 13.3. The summed E-state index contributed by atoms with van der Waals surface area (Å²) in [5, 5.41) is 1.41. The van der Waals surface area contributed by atoms with Gasteiger partial charge in [-0.2, -0.15) is 0 Å². The molecular weight excluding hydrogens is 325 g/mol. The number of benzene rings is 2. The van der Waals surface area contributed by atoms with Gasteiger partial charge in [-0.25, -0.2) is 0 Å². The first-order chi connectivity index (χ1) is 10.0. The van der Waals surface area contributed by atoms with Crippen LogP contribution in [0.15, 0.2) is 47.4 Å². The van der Waals surface area contributed by atoms with Gasteiger partial charge >= 0.3 is 0 Å². The van der Waals surface area contributed by atoms with Crippen molar-refractivity contribution in [3.05, 3.63) is 58.1 Å². The number of hydrogen-bond acceptors (Lipinski definition) is 3. The zero-order valence-corrected chi connectivity index (χ0v) is 14.2. The average Bonchev–Trinajstić information content (AvgIpc) is 2.47. The van der Waals surface area contributed by atoms with Crippen LogP contribution in [0.4, 0.5) is 0 Å². The molecule has 0 saturated heterocycles. The van der Waals surface area contributed by atoms with E-state index in [-0.39, 0.29) is 11.3 Å². The standard InChI is InChI=1S/C16H17Cl2NOS/c1-10(19)16(11-4-3-5-13(8-11)20-2)21-15-9-12(17)6-7-14(15)18/h3-10,16H,19H2,1-2H3. The summed E-state index contributed by atoms with van der Waals surface area (Å²) in [5.74, 6) is 0.816. The van der Waals surface area contributed by atoms with Crippen LogP contribution < -0.4 is 10.5 Å². The molecule has 0 heterocycles. The van der Waals surface area contributed by atoms with Crippen molar-refractivity contribution in [1.82, 2.24) is 0 Å². The third-order valence-electron chi connectivity index (χ3n) is 3.05. The summed E-state index contributed by atoms with van der Waals surface area (Å²) in [6.07, 6.45) is 0. The van der Waals surface area contributed by atoms with Crippen LogP contribution in [0.25, 0.3) is 0 Å². The van der Waals surface area contributed by atoms with Crippen molar-refractivity contribution in [3.8, 4) is 5.75 Å². The second-order valence-corrected chi connectivity index (χ2v) is 6.78. The average molecular weight is 342 g/mol. The van der Waals surface area contributed by atoms with E-state index in [2.05, 4.69) is 0 Å². The molecule has 2 unspecified atom stereocenters. The van der Waals surface area contributed by atoms with Crippen molar-refractivity contribution in [1.29, 1.82) is 0 Å². The Kier molecular flexibility index (Phi) is 5.82. The summed E-state index contributed by atoms with van der Waals surface area (Å²) in [6.45, 7) is 1.98. The first-order valence-corrected chi connectivity index (χ1v) is 8.16. The molecular formula is C16H17Cl2NOS. The van der Waals surface area contributed by atoms with Gasteiger partial charge in [0.25, 0.3) is 0 Å². The lowest BCUT2D eigenvalue weighted by Crippen LogP contribution is -2.22. The molecule has 2 rings (SSSR count). The first kappa shape index (κ1) is 16.5. The van der Waals surface area contributed by atoms with Crippen LogP contribution in [0.5, 0.6) is 5.75 Å². The number of ether oxygens (including phenoxy) is 1. The Labute approximate surface area is 139 Å². The van der Waals surface area contributed by atoms with Crippen LogP contribution in [0, 0.1) is 0 Å². The van der Waals surface area contributed by atoms with Crippen LogP contribution in [0.2, 0.25) is 10.0 Å². The van der Waals surface area contributed by atoms with Gasteiger partial charge in [0, 0.05) is 21.2 Å². The highest BCUT2D eigenvalue weighted by atomic mass is 35.5. The highest BCUT2D eigenvalue weighted by Crippen LogP contribution is 2.41. The second kappa shape index (κ2) is 7.41. The van der Waals surface area contributed by atoms with Crippen LogP contribution >= 0.6 is 35.0 Å². The van der Waals surface area contributed by atoms with E-state index in [0.29, 0.717) is 10.0 Å². The number of hydrogen-bond donors (Lipinski definition) is 1. The Balaban J connectivity index is 2.33. The van der Waals surface area contributed by atoms with Crippen LogP contribution in [-0.2, 0) is 0 Å². The number of halogens is 2. The Hall–Kier alpha value is -0.870. The minimum atomic E-state index is -0.0443. The topological polar surface area (TPSA) is 35.2 Å². The quantitative estimate of drug-likeness (QED) is 0.760. The molecule has 0 saturated carbocycles. The Morgan fingerprint density at radius 1 is 1.14 bits per heavy atom. The monoisotopic (exact) mass is 341 g/mol. The van der Waals surface area contributed by atoms with Crippen molar-refractivity contribution in [2.24, 2.45) is 5.73 Å². The molecule has 0 aliphatic heterocycles. The number of thioether (sulfide) groups is 1. The van der Waals surface area contributed by atoms with Gasteiger partial charge in [0.15, 0.2) is 0 Å². The molecule has 0 aliphatic carbocycles. The second-order valence-electron chi connectivity index (χ2n) is 4.75. The smallest absolute Gasteiger partial charge is 0.119 e. The summed E-state index contributed by atoms with van der Waals surface area (Å²) >= 11 is 13.9. The highest BCUT2D eigenvalue weighted by molar-refractivity contribution is 7.99. The van der Waals surface area contributed by atoms with Crippen molar-refractivity contribution in [2.45, 2.75) is 23.1 Å². The van der Waals surface area contributed by atoms with E-state index in [9.17, 15) is 0 Å². The van der Waals surface area contributed by atoms with Crippen LogP contribution in [0.1, 0.15) is 17.7 Å². The SMILES string of the molecule is COc1cccc(C(Sc2cc(Cl)ccc2Cl)C(C)N)c1. The zero-order valence-electron chi connectivity index (χ0n) is 11.8. The van der Waals surface area contributed by atoms with Gasteiger partial charge in [0.2, 0.25) is 0 Å². The predicted molar refractivity (Wildman–Crippen MR) is 91.7 cm³/mol. The minimum Gasteiger partial charge on any atom is -0.497 e. The van der Waals surface area contributed by atoms with E-state index in [4.69, 9.17) is 33.7 Å². The lowest BCUT2D eigenvalue weighted by atomic mass is 10.1. The van der Waals surface area contributed by atoms with Gasteiger partial charge < -0.3 is 10.5 Å². The van der Waals surface area contributed by atoms with Crippen molar-refractivity contribution < 1.29 is 4.74 Å². The molecule has 0 aromatic heterocycles. The van der Waals surface area contributed by atoms with Crippen LogP contribution in [-0.4, -0.2) is 13.2 Å². The Morgan fingerprint density at radius 2 is 1.90 bits per heavy atom. The maximum absolute atomic E-state index is 6.25. The lowest BCUT2D eigenvalue weighted by Gasteiger charge is -2.22. The van der Waals surface area contributed by atoms with Gasteiger partial charge in [-0.3, -0.25) is 0 Å². The molecule has 2 aromatic rings. The highest BCUT2D eigenvalue weighted by Gasteiger charge is 2.19. The Bertz CT molecular complexity index is 619. The largest absolute Gasteiger partial charge is 0.497 e. The zero-order chi connectivity index (χ0) is 15.4. The fourth-order valence-electron chi connectivity index (χ4n) is 2.00. The van der Waals surface area contributed by atoms with Gasteiger partial charge in [0.05, 0.1) is 12.1 Å². The van der Waals surface area contributed by atoms with Crippen molar-refractivity contribution in [2.75, 3.05) is 7.11 Å². The third kappa shape index (κ3) is 4.30. The van der Waals surface area contributed by atoms with Gasteiger partial charge in [0.1, 0.15) is 5.75 Å². The van der Waals surface area contributed by atoms with Crippen LogP contribution in [0.3, 0.4) is 0 Å². The molecule has 5 heteroatoms. The summed E-state index contributed by atoms with van der Waals surface area (Å²) in [7, 11) is 1.65. The van der Waals surface area contributed by atoms with E-state index in [1.165, 1.54) is 0 Å². The molecule has 112 valence electrons. The van der Waals surface area contributed by atoms with E-state index in [1.807, 2.05) is 37.3 Å². The fourth-order valence-corrected chi connectivity index (χ4v) is 3.64. The minimum absolute atomic E-state index is 0.0443. The van der Waals surface area contributed by atoms with E-state index < -0.39 is 0 Å². The molecule has 0 aliphatic rings. The van der Waals surface area contributed by atoms with Crippen molar-refractivity contribution >= 4 is 35.0 Å². The Morgan fingerprint density at radius 3 is 2.57 bits per heavy atom. The molecule has 0 fully saturated rings. The maximum atomic E-state index is 6.25. The number of methoxy groups -OCH3 is 1. The van der Waals surface area contributed by atoms with Gasteiger partial charge in [-0.15, -0.1) is 11.8 Å². The molecule has 2 aromatic carbocycles. The summed E-state index contributed by atoms with van der Waals surface area (Å²) in [4.78, 5) is 0.925. The summed E-state index contributed by atoms with van der Waals surface area (Å²) in [5.41, 5.74) is 7.26. The fraction of sp³-hybridized carbons (Fsp3) is 0.250. The molecule has 2 N–H and O–H groups in total. The van der Waals surface area contributed by atoms with Gasteiger partial charge in [-0.05, 0) is 42.8 Å². The molecule has 0 spiro atoms. The van der Waals surface area contributed by atoms with Crippen molar-refractivity contribution in [3.63, 3.8) is 0 Å². The number of nitrogens with two attached hydrogens (primary N) is 1. The summed E-state index contributed by atoms with van der Waals surface area (Å²) < 4.78 is 5.28. The van der Waals surface area contributed by atoms with E-state index in [1.54, 1.807) is 31.0 Å². The molecule has 2 nitrogen and oxygen atoms in total. The first-order valence-electron chi connectivity index (χ1n) is 6.52. The predicted octanol–water partition coefficient (Wildman–Crippen LogP) is 5.18. The van der Waals surface area contributed by atoms with E-state index >= 15 is 0 Å². The molecule has 0 radical (unpaired) electrons.